The first-order chi connectivity index (χ1) is 14.0. The van der Waals surface area contributed by atoms with E-state index in [2.05, 4.69) is 10.3 Å². The lowest BCUT2D eigenvalue weighted by atomic mass is 10.0. The van der Waals surface area contributed by atoms with Crippen LogP contribution in [0.15, 0.2) is 65.7 Å². The van der Waals surface area contributed by atoms with Crippen molar-refractivity contribution in [1.82, 2.24) is 14.9 Å². The van der Waals surface area contributed by atoms with Gasteiger partial charge < -0.3 is 10.1 Å². The number of carbonyl (C=O) groups is 2. The van der Waals surface area contributed by atoms with E-state index in [1.165, 1.54) is 17.8 Å². The van der Waals surface area contributed by atoms with Crippen LogP contribution in [0.1, 0.15) is 25.3 Å². The third kappa shape index (κ3) is 5.07. The standard InChI is InChI=1S/C22H23N3O4/c1-15(17-8-4-3-5-9-17)12-23-21(27)16(2)29-20(26)13-25-14-24-19-11-7-6-10-18(19)22(25)28/h3-11,14-16H,12-13H2,1-2H3,(H,23,27)/t15-,16+/m0/s1. The Morgan fingerprint density at radius 3 is 2.52 bits per heavy atom. The van der Waals surface area contributed by atoms with E-state index < -0.39 is 12.1 Å². The molecule has 1 amide bonds. The summed E-state index contributed by atoms with van der Waals surface area (Å²) in [4.78, 5) is 41.0. The van der Waals surface area contributed by atoms with Crippen LogP contribution in [0.25, 0.3) is 10.9 Å². The quantitative estimate of drug-likeness (QED) is 0.622. The number of rotatable bonds is 7. The van der Waals surface area contributed by atoms with Crippen molar-refractivity contribution in [2.45, 2.75) is 32.4 Å². The van der Waals surface area contributed by atoms with Crippen LogP contribution < -0.4 is 10.9 Å². The maximum absolute atomic E-state index is 12.4. The Bertz CT molecular complexity index is 1060. The van der Waals surface area contributed by atoms with E-state index >= 15 is 0 Å². The van der Waals surface area contributed by atoms with Crippen LogP contribution in [0.2, 0.25) is 0 Å². The van der Waals surface area contributed by atoms with Crippen LogP contribution in [-0.2, 0) is 20.9 Å². The van der Waals surface area contributed by atoms with Gasteiger partial charge in [0.15, 0.2) is 6.10 Å². The molecule has 0 aliphatic rings. The molecular weight excluding hydrogens is 370 g/mol. The zero-order valence-electron chi connectivity index (χ0n) is 16.4. The zero-order chi connectivity index (χ0) is 20.8. The molecule has 0 unspecified atom stereocenters. The molecule has 2 aromatic carbocycles. The topological polar surface area (TPSA) is 90.3 Å². The van der Waals surface area contributed by atoms with Gasteiger partial charge in [-0.15, -0.1) is 0 Å². The number of hydrogen-bond acceptors (Lipinski definition) is 5. The monoisotopic (exact) mass is 393 g/mol. The lowest BCUT2D eigenvalue weighted by Crippen LogP contribution is -2.38. The number of nitrogens with one attached hydrogen (secondary N) is 1. The highest BCUT2D eigenvalue weighted by molar-refractivity contribution is 5.83. The molecule has 0 aliphatic heterocycles. The average molecular weight is 393 g/mol. The summed E-state index contributed by atoms with van der Waals surface area (Å²) in [6, 6.07) is 16.7. The Balaban J connectivity index is 1.54. The molecule has 150 valence electrons. The van der Waals surface area contributed by atoms with Crippen molar-refractivity contribution >= 4 is 22.8 Å². The highest BCUT2D eigenvalue weighted by atomic mass is 16.5. The molecule has 1 heterocycles. The van der Waals surface area contributed by atoms with E-state index in [0.29, 0.717) is 17.4 Å². The third-order valence-corrected chi connectivity index (χ3v) is 4.66. The SMILES string of the molecule is C[C@@H](OC(=O)Cn1cnc2ccccc2c1=O)C(=O)NC[C@H](C)c1ccccc1. The van der Waals surface area contributed by atoms with Crippen molar-refractivity contribution in [2.24, 2.45) is 0 Å². The Morgan fingerprint density at radius 2 is 1.76 bits per heavy atom. The molecule has 0 radical (unpaired) electrons. The first kappa shape index (κ1) is 20.3. The Kier molecular flexibility index (Phi) is 6.39. The molecule has 0 aliphatic carbocycles. The Labute approximate surface area is 168 Å². The summed E-state index contributed by atoms with van der Waals surface area (Å²) in [6.45, 7) is 3.63. The molecule has 0 saturated carbocycles. The highest BCUT2D eigenvalue weighted by Crippen LogP contribution is 2.13. The van der Waals surface area contributed by atoms with Crippen LogP contribution in [0.3, 0.4) is 0 Å². The number of fused-ring (bicyclic) bond motifs is 1. The van der Waals surface area contributed by atoms with Crippen molar-refractivity contribution in [3.8, 4) is 0 Å². The van der Waals surface area contributed by atoms with Gasteiger partial charge in [0.25, 0.3) is 11.5 Å². The minimum Gasteiger partial charge on any atom is -0.451 e. The third-order valence-electron chi connectivity index (χ3n) is 4.66. The van der Waals surface area contributed by atoms with Crippen molar-refractivity contribution in [1.29, 1.82) is 0 Å². The van der Waals surface area contributed by atoms with E-state index in [1.807, 2.05) is 37.3 Å². The second-order valence-corrected chi connectivity index (χ2v) is 6.88. The molecule has 29 heavy (non-hydrogen) atoms. The van der Waals surface area contributed by atoms with Crippen LogP contribution in [0.5, 0.6) is 0 Å². The van der Waals surface area contributed by atoms with E-state index in [4.69, 9.17) is 4.74 Å². The molecule has 0 bridgehead atoms. The van der Waals surface area contributed by atoms with Crippen molar-refractivity contribution < 1.29 is 14.3 Å². The van der Waals surface area contributed by atoms with Crippen molar-refractivity contribution in [3.05, 3.63) is 76.8 Å². The summed E-state index contributed by atoms with van der Waals surface area (Å²) in [7, 11) is 0. The molecule has 7 nitrogen and oxygen atoms in total. The highest BCUT2D eigenvalue weighted by Gasteiger charge is 2.19. The number of hydrogen-bond donors (Lipinski definition) is 1. The normalized spacial score (nSPS) is 12.9. The van der Waals surface area contributed by atoms with E-state index in [9.17, 15) is 14.4 Å². The molecule has 7 heteroatoms. The number of para-hydroxylation sites is 1. The number of carbonyl (C=O) groups excluding carboxylic acids is 2. The average Bonchev–Trinajstić information content (AvgIpc) is 2.74. The van der Waals surface area contributed by atoms with Gasteiger partial charge in [0.1, 0.15) is 6.54 Å². The number of aromatic nitrogens is 2. The predicted molar refractivity (Wildman–Crippen MR) is 109 cm³/mol. The summed E-state index contributed by atoms with van der Waals surface area (Å²) >= 11 is 0. The summed E-state index contributed by atoms with van der Waals surface area (Å²) < 4.78 is 6.36. The lowest BCUT2D eigenvalue weighted by molar-refractivity contribution is -0.155. The van der Waals surface area contributed by atoms with Gasteiger partial charge >= 0.3 is 5.97 Å². The number of amides is 1. The fraction of sp³-hybridized carbons (Fsp3) is 0.273. The minimum absolute atomic E-state index is 0.130. The first-order valence-electron chi connectivity index (χ1n) is 9.42. The van der Waals surface area contributed by atoms with Crippen LogP contribution in [-0.4, -0.2) is 34.1 Å². The predicted octanol–water partition coefficient (Wildman–Crippen LogP) is 2.25. The molecule has 1 aromatic heterocycles. The van der Waals surface area contributed by atoms with E-state index in [-0.39, 0.29) is 23.9 Å². The lowest BCUT2D eigenvalue weighted by Gasteiger charge is -2.17. The number of esters is 1. The van der Waals surface area contributed by atoms with Gasteiger partial charge in [0.05, 0.1) is 17.2 Å². The van der Waals surface area contributed by atoms with Gasteiger partial charge in [0, 0.05) is 6.54 Å². The van der Waals surface area contributed by atoms with Gasteiger partial charge in [-0.05, 0) is 30.5 Å². The number of benzene rings is 2. The van der Waals surface area contributed by atoms with Gasteiger partial charge in [-0.1, -0.05) is 49.4 Å². The van der Waals surface area contributed by atoms with Gasteiger partial charge in [-0.2, -0.15) is 0 Å². The smallest absolute Gasteiger partial charge is 0.326 e. The largest absolute Gasteiger partial charge is 0.451 e. The zero-order valence-corrected chi connectivity index (χ0v) is 16.4. The minimum atomic E-state index is -0.963. The van der Waals surface area contributed by atoms with E-state index in [0.717, 1.165) is 5.56 Å². The molecule has 0 fully saturated rings. The molecular formula is C22H23N3O4. The Morgan fingerprint density at radius 1 is 1.07 bits per heavy atom. The molecule has 3 rings (SSSR count). The summed E-state index contributed by atoms with van der Waals surface area (Å²) in [6.07, 6.45) is 0.340. The van der Waals surface area contributed by atoms with Gasteiger partial charge in [-0.25, -0.2) is 4.98 Å². The van der Waals surface area contributed by atoms with Gasteiger partial charge in [-0.3, -0.25) is 19.0 Å². The van der Waals surface area contributed by atoms with Crippen LogP contribution >= 0.6 is 0 Å². The maximum Gasteiger partial charge on any atom is 0.326 e. The molecule has 0 spiro atoms. The van der Waals surface area contributed by atoms with Crippen LogP contribution in [0.4, 0.5) is 0 Å². The van der Waals surface area contributed by atoms with Gasteiger partial charge in [0.2, 0.25) is 0 Å². The van der Waals surface area contributed by atoms with E-state index in [1.54, 1.807) is 24.3 Å². The molecule has 2 atom stereocenters. The maximum atomic E-state index is 12.4. The second-order valence-electron chi connectivity index (χ2n) is 6.88. The fourth-order valence-electron chi connectivity index (χ4n) is 2.94. The molecule has 3 aromatic rings. The number of ether oxygens (including phenoxy) is 1. The second kappa shape index (κ2) is 9.14. The van der Waals surface area contributed by atoms with Crippen LogP contribution in [0, 0.1) is 0 Å². The summed E-state index contributed by atoms with van der Waals surface area (Å²) in [5, 5.41) is 3.21. The fourth-order valence-corrected chi connectivity index (χ4v) is 2.94. The summed E-state index contributed by atoms with van der Waals surface area (Å²) in [5.41, 5.74) is 1.34. The van der Waals surface area contributed by atoms with Crippen molar-refractivity contribution in [2.75, 3.05) is 6.54 Å². The molecule has 0 saturated heterocycles. The summed E-state index contributed by atoms with van der Waals surface area (Å²) in [5.74, 6) is -0.932. The first-order valence-corrected chi connectivity index (χ1v) is 9.42. The van der Waals surface area contributed by atoms with Crippen molar-refractivity contribution in [3.63, 3.8) is 0 Å². The molecule has 1 N–H and O–H groups in total. The Hall–Kier alpha value is -3.48. The number of nitrogens with zero attached hydrogens (tertiary/aromatic N) is 2.